The van der Waals surface area contributed by atoms with E-state index in [0.717, 1.165) is 18.9 Å². The number of hydrogen-bond acceptors (Lipinski definition) is 5. The standard InChI is InChI=1S/C21H24FN7S/c1-2-25-21(27-14-17-5-4-12-30-17)26-11-3-6-19-18(13-23)20(24)29(28-19)16-9-7-15(22)8-10-16/h4-5,7-10,12H,2-3,6,11,14,24H2,1H3,(H2,25,26,27). The number of nitrogen functional groups attached to an aromatic ring is 1. The maximum atomic E-state index is 13.2. The Bertz CT molecular complexity index is 1020. The average Bonchev–Trinajstić information content (AvgIpc) is 3.37. The summed E-state index contributed by atoms with van der Waals surface area (Å²) in [7, 11) is 0. The van der Waals surface area contributed by atoms with Crippen molar-refractivity contribution < 1.29 is 4.39 Å². The van der Waals surface area contributed by atoms with Gasteiger partial charge in [0.1, 0.15) is 23.3 Å². The molecule has 2 aromatic heterocycles. The first-order valence-corrected chi connectivity index (χ1v) is 10.6. The second kappa shape index (κ2) is 10.4. The third-order valence-electron chi connectivity index (χ3n) is 4.38. The van der Waals surface area contributed by atoms with Crippen LogP contribution in [0.4, 0.5) is 10.2 Å². The summed E-state index contributed by atoms with van der Waals surface area (Å²) in [6.07, 6.45) is 1.33. The van der Waals surface area contributed by atoms with E-state index in [1.807, 2.05) is 18.4 Å². The molecule has 9 heteroatoms. The van der Waals surface area contributed by atoms with E-state index >= 15 is 0 Å². The molecule has 3 aromatic rings. The molecule has 0 unspecified atom stereocenters. The summed E-state index contributed by atoms with van der Waals surface area (Å²) in [6.45, 7) is 4.09. The van der Waals surface area contributed by atoms with Crippen molar-refractivity contribution in [3.8, 4) is 11.8 Å². The molecule has 2 heterocycles. The van der Waals surface area contributed by atoms with Gasteiger partial charge in [-0.05, 0) is 55.5 Å². The number of nitrogens with two attached hydrogens (primary N) is 1. The summed E-state index contributed by atoms with van der Waals surface area (Å²) in [6, 6.07) is 12.0. The number of aromatic nitrogens is 2. The van der Waals surface area contributed by atoms with E-state index in [1.165, 1.54) is 21.7 Å². The van der Waals surface area contributed by atoms with E-state index in [9.17, 15) is 9.65 Å². The molecule has 0 amide bonds. The van der Waals surface area contributed by atoms with Crippen LogP contribution in [0.25, 0.3) is 5.69 Å². The van der Waals surface area contributed by atoms with E-state index in [2.05, 4.69) is 32.9 Å². The number of hydrogen-bond donors (Lipinski definition) is 3. The lowest BCUT2D eigenvalue weighted by Gasteiger charge is -2.10. The monoisotopic (exact) mass is 425 g/mol. The number of aryl methyl sites for hydroxylation is 1. The van der Waals surface area contributed by atoms with Gasteiger partial charge in [0.2, 0.25) is 0 Å². The van der Waals surface area contributed by atoms with Crippen molar-refractivity contribution in [2.75, 3.05) is 18.8 Å². The maximum absolute atomic E-state index is 13.2. The quantitative estimate of drug-likeness (QED) is 0.292. The predicted molar refractivity (Wildman–Crippen MR) is 118 cm³/mol. The van der Waals surface area contributed by atoms with Crippen LogP contribution in [0.1, 0.15) is 29.5 Å². The zero-order valence-electron chi connectivity index (χ0n) is 16.7. The zero-order chi connectivity index (χ0) is 21.3. The number of rotatable bonds is 8. The van der Waals surface area contributed by atoms with Gasteiger partial charge in [0.25, 0.3) is 0 Å². The first kappa shape index (κ1) is 21.3. The Morgan fingerprint density at radius 3 is 2.77 bits per heavy atom. The molecule has 0 saturated heterocycles. The lowest BCUT2D eigenvalue weighted by Crippen LogP contribution is -2.37. The number of aliphatic imine (C=N–C) groups is 1. The highest BCUT2D eigenvalue weighted by molar-refractivity contribution is 7.09. The van der Waals surface area contributed by atoms with Gasteiger partial charge < -0.3 is 16.4 Å². The molecule has 4 N–H and O–H groups in total. The molecule has 0 atom stereocenters. The summed E-state index contributed by atoms with van der Waals surface area (Å²) in [5.41, 5.74) is 7.70. The maximum Gasteiger partial charge on any atom is 0.191 e. The lowest BCUT2D eigenvalue weighted by atomic mass is 10.1. The van der Waals surface area contributed by atoms with Crippen molar-refractivity contribution in [1.29, 1.82) is 5.26 Å². The highest BCUT2D eigenvalue weighted by Crippen LogP contribution is 2.21. The smallest absolute Gasteiger partial charge is 0.191 e. The summed E-state index contributed by atoms with van der Waals surface area (Å²) in [5.74, 6) is 0.675. The van der Waals surface area contributed by atoms with Crippen molar-refractivity contribution in [3.63, 3.8) is 0 Å². The van der Waals surface area contributed by atoms with Crippen molar-refractivity contribution in [2.45, 2.75) is 26.3 Å². The highest BCUT2D eigenvalue weighted by atomic mass is 32.1. The van der Waals surface area contributed by atoms with E-state index < -0.39 is 0 Å². The summed E-state index contributed by atoms with van der Waals surface area (Å²) >= 11 is 1.68. The molecule has 0 bridgehead atoms. The Hall–Kier alpha value is -3.38. The molecule has 0 fully saturated rings. The molecule has 0 aliphatic heterocycles. The van der Waals surface area contributed by atoms with Crippen molar-refractivity contribution >= 4 is 23.1 Å². The largest absolute Gasteiger partial charge is 0.382 e. The topological polar surface area (TPSA) is 104 Å². The second-order valence-electron chi connectivity index (χ2n) is 6.51. The molecule has 30 heavy (non-hydrogen) atoms. The van der Waals surface area contributed by atoms with Crippen LogP contribution >= 0.6 is 11.3 Å². The van der Waals surface area contributed by atoms with Gasteiger partial charge in [0.05, 0.1) is 17.9 Å². The average molecular weight is 426 g/mol. The molecule has 7 nitrogen and oxygen atoms in total. The fourth-order valence-electron chi connectivity index (χ4n) is 2.92. The van der Waals surface area contributed by atoms with Gasteiger partial charge in [-0.15, -0.1) is 11.3 Å². The van der Waals surface area contributed by atoms with Crippen molar-refractivity contribution in [2.24, 2.45) is 4.99 Å². The highest BCUT2D eigenvalue weighted by Gasteiger charge is 2.16. The number of anilines is 1. The molecule has 0 aliphatic rings. The Morgan fingerprint density at radius 1 is 1.30 bits per heavy atom. The van der Waals surface area contributed by atoms with Gasteiger partial charge in [0, 0.05) is 18.0 Å². The summed E-state index contributed by atoms with van der Waals surface area (Å²) in [4.78, 5) is 5.78. The van der Waals surface area contributed by atoms with Crippen LogP contribution < -0.4 is 16.4 Å². The second-order valence-corrected chi connectivity index (χ2v) is 7.54. The Kier molecular flexibility index (Phi) is 7.40. The van der Waals surface area contributed by atoms with Gasteiger partial charge in [-0.25, -0.2) is 14.1 Å². The van der Waals surface area contributed by atoms with Crippen LogP contribution in [0.5, 0.6) is 0 Å². The zero-order valence-corrected chi connectivity index (χ0v) is 17.5. The first-order chi connectivity index (χ1) is 14.6. The number of halogens is 1. The minimum Gasteiger partial charge on any atom is -0.382 e. The number of nitriles is 1. The molecule has 1 aromatic carbocycles. The van der Waals surface area contributed by atoms with Crippen LogP contribution in [0.15, 0.2) is 46.8 Å². The minimum atomic E-state index is -0.339. The fraction of sp³-hybridized carbons (Fsp3) is 0.286. The van der Waals surface area contributed by atoms with Crippen LogP contribution in [0.2, 0.25) is 0 Å². The van der Waals surface area contributed by atoms with Crippen molar-refractivity contribution in [3.05, 3.63) is 63.7 Å². The summed E-state index contributed by atoms with van der Waals surface area (Å²) in [5, 5.41) is 22.5. The van der Waals surface area contributed by atoms with Gasteiger partial charge in [-0.1, -0.05) is 6.07 Å². The normalized spacial score (nSPS) is 11.3. The molecular formula is C21H24FN7S. The molecule has 156 valence electrons. The molecule has 0 aliphatic carbocycles. The van der Waals surface area contributed by atoms with E-state index in [-0.39, 0.29) is 11.6 Å². The third kappa shape index (κ3) is 5.36. The van der Waals surface area contributed by atoms with Gasteiger partial charge in [-0.3, -0.25) is 0 Å². The van der Waals surface area contributed by atoms with Gasteiger partial charge in [-0.2, -0.15) is 10.4 Å². The van der Waals surface area contributed by atoms with Gasteiger partial charge in [0.15, 0.2) is 5.96 Å². The molecular weight excluding hydrogens is 401 g/mol. The lowest BCUT2D eigenvalue weighted by molar-refractivity contribution is 0.627. The molecule has 0 spiro atoms. The van der Waals surface area contributed by atoms with E-state index in [4.69, 9.17) is 5.73 Å². The third-order valence-corrected chi connectivity index (χ3v) is 5.24. The number of guanidine groups is 1. The minimum absolute atomic E-state index is 0.262. The number of thiophene rings is 1. The number of nitrogens with zero attached hydrogens (tertiary/aromatic N) is 4. The van der Waals surface area contributed by atoms with Crippen LogP contribution in [0.3, 0.4) is 0 Å². The molecule has 0 radical (unpaired) electrons. The van der Waals surface area contributed by atoms with Crippen molar-refractivity contribution in [1.82, 2.24) is 20.4 Å². The van der Waals surface area contributed by atoms with Crippen LogP contribution in [-0.2, 0) is 13.0 Å². The SMILES string of the molecule is CCNC(=NCc1cccs1)NCCCc1nn(-c2ccc(F)cc2)c(N)c1C#N. The Morgan fingerprint density at radius 2 is 2.10 bits per heavy atom. The van der Waals surface area contributed by atoms with E-state index in [0.29, 0.717) is 36.5 Å². The number of nitrogens with one attached hydrogen (secondary N) is 2. The predicted octanol–water partition coefficient (Wildman–Crippen LogP) is 3.21. The van der Waals surface area contributed by atoms with Crippen LogP contribution in [0, 0.1) is 17.1 Å². The Balaban J connectivity index is 1.61. The first-order valence-electron chi connectivity index (χ1n) is 9.70. The molecule has 0 saturated carbocycles. The van der Waals surface area contributed by atoms with Gasteiger partial charge >= 0.3 is 0 Å². The number of benzene rings is 1. The summed E-state index contributed by atoms with van der Waals surface area (Å²) < 4.78 is 14.7. The fourth-order valence-corrected chi connectivity index (χ4v) is 3.55. The molecule has 3 rings (SSSR count). The van der Waals surface area contributed by atoms with E-state index in [1.54, 1.807) is 23.5 Å². The van der Waals surface area contributed by atoms with Crippen LogP contribution in [-0.4, -0.2) is 28.8 Å². The Labute approximate surface area is 179 Å².